The van der Waals surface area contributed by atoms with E-state index in [0.717, 1.165) is 24.0 Å². The van der Waals surface area contributed by atoms with E-state index in [-0.39, 0.29) is 16.4 Å². The SMILES string of the molecule is CC(=O)c1sc(N2CCCOCC2)c(S(C)(=O)=O)c1N. The maximum absolute atomic E-state index is 12.0. The predicted octanol–water partition coefficient (Wildman–Crippen LogP) is 1.16. The van der Waals surface area contributed by atoms with Crippen LogP contribution in [0.3, 0.4) is 0 Å². The zero-order chi connectivity index (χ0) is 14.9. The van der Waals surface area contributed by atoms with E-state index in [9.17, 15) is 13.2 Å². The molecule has 0 aromatic carbocycles. The van der Waals surface area contributed by atoms with Crippen molar-refractivity contribution in [3.05, 3.63) is 4.88 Å². The molecule has 20 heavy (non-hydrogen) atoms. The summed E-state index contributed by atoms with van der Waals surface area (Å²) in [6.45, 7) is 3.88. The third-order valence-corrected chi connectivity index (χ3v) is 5.73. The number of hydrogen-bond donors (Lipinski definition) is 1. The van der Waals surface area contributed by atoms with E-state index in [1.54, 1.807) is 0 Å². The van der Waals surface area contributed by atoms with Gasteiger partial charge >= 0.3 is 0 Å². The summed E-state index contributed by atoms with van der Waals surface area (Å²) in [5, 5.41) is 0.556. The number of ketones is 1. The Bertz CT molecular complexity index is 614. The zero-order valence-electron chi connectivity index (χ0n) is 11.5. The highest BCUT2D eigenvalue weighted by Gasteiger charge is 2.29. The smallest absolute Gasteiger partial charge is 0.180 e. The van der Waals surface area contributed by atoms with Crippen LogP contribution in [-0.4, -0.2) is 46.8 Å². The number of nitrogens with zero attached hydrogens (tertiary/aromatic N) is 1. The quantitative estimate of drug-likeness (QED) is 0.841. The van der Waals surface area contributed by atoms with Crippen LogP contribution in [0.4, 0.5) is 10.7 Å². The molecule has 1 aromatic rings. The van der Waals surface area contributed by atoms with Crippen LogP contribution in [0.2, 0.25) is 0 Å². The number of anilines is 2. The summed E-state index contributed by atoms with van der Waals surface area (Å²) in [5.41, 5.74) is 5.96. The molecule has 0 bridgehead atoms. The lowest BCUT2D eigenvalue weighted by molar-refractivity contribution is 0.102. The monoisotopic (exact) mass is 318 g/mol. The van der Waals surface area contributed by atoms with Crippen LogP contribution in [-0.2, 0) is 14.6 Å². The highest BCUT2D eigenvalue weighted by atomic mass is 32.2. The number of nitrogen functional groups attached to an aromatic ring is 1. The molecule has 1 saturated heterocycles. The molecule has 2 rings (SSSR count). The first-order valence-corrected chi connectivity index (χ1v) is 8.99. The third-order valence-electron chi connectivity index (χ3n) is 3.08. The van der Waals surface area contributed by atoms with Crippen molar-refractivity contribution < 1.29 is 17.9 Å². The summed E-state index contributed by atoms with van der Waals surface area (Å²) >= 11 is 1.15. The predicted molar refractivity (Wildman–Crippen MR) is 79.5 cm³/mol. The highest BCUT2D eigenvalue weighted by molar-refractivity contribution is 7.91. The van der Waals surface area contributed by atoms with Gasteiger partial charge in [-0.2, -0.15) is 0 Å². The molecule has 6 nitrogen and oxygen atoms in total. The van der Waals surface area contributed by atoms with Gasteiger partial charge in [-0.3, -0.25) is 4.79 Å². The number of ether oxygens (including phenoxy) is 1. The van der Waals surface area contributed by atoms with Crippen molar-refractivity contribution in [2.45, 2.75) is 18.2 Å². The van der Waals surface area contributed by atoms with Gasteiger partial charge in [-0.25, -0.2) is 8.42 Å². The van der Waals surface area contributed by atoms with Crippen LogP contribution in [0.5, 0.6) is 0 Å². The first kappa shape index (κ1) is 15.3. The molecule has 2 N–H and O–H groups in total. The topological polar surface area (TPSA) is 89.7 Å². The van der Waals surface area contributed by atoms with Crippen LogP contribution in [0.15, 0.2) is 4.90 Å². The van der Waals surface area contributed by atoms with Gasteiger partial charge in [0.2, 0.25) is 0 Å². The van der Waals surface area contributed by atoms with Gasteiger partial charge in [-0.1, -0.05) is 0 Å². The molecule has 0 aliphatic carbocycles. The van der Waals surface area contributed by atoms with E-state index in [2.05, 4.69) is 0 Å². The van der Waals surface area contributed by atoms with E-state index >= 15 is 0 Å². The number of carbonyl (C=O) groups excluding carboxylic acids is 1. The van der Waals surface area contributed by atoms with Gasteiger partial charge in [-0.05, 0) is 6.42 Å². The molecule has 1 fully saturated rings. The normalized spacial score (nSPS) is 17.0. The molecule has 0 saturated carbocycles. The van der Waals surface area contributed by atoms with E-state index in [4.69, 9.17) is 10.5 Å². The largest absolute Gasteiger partial charge is 0.396 e. The van der Waals surface area contributed by atoms with Crippen LogP contribution in [0.1, 0.15) is 23.0 Å². The minimum Gasteiger partial charge on any atom is -0.396 e. The number of carbonyl (C=O) groups is 1. The second-order valence-corrected chi connectivity index (χ2v) is 7.71. The van der Waals surface area contributed by atoms with Crippen molar-refractivity contribution >= 4 is 37.6 Å². The zero-order valence-corrected chi connectivity index (χ0v) is 13.1. The molecule has 2 heterocycles. The number of nitrogens with two attached hydrogens (primary N) is 1. The average Bonchev–Trinajstić information content (AvgIpc) is 2.53. The van der Waals surface area contributed by atoms with Crippen LogP contribution < -0.4 is 10.6 Å². The van der Waals surface area contributed by atoms with Gasteiger partial charge in [0.1, 0.15) is 9.90 Å². The lowest BCUT2D eigenvalue weighted by atomic mass is 10.3. The van der Waals surface area contributed by atoms with Crippen molar-refractivity contribution in [1.82, 2.24) is 0 Å². The van der Waals surface area contributed by atoms with Crippen molar-refractivity contribution in [1.29, 1.82) is 0 Å². The Labute approximate surface area is 122 Å². The molecule has 0 amide bonds. The van der Waals surface area contributed by atoms with Crippen molar-refractivity contribution in [2.24, 2.45) is 0 Å². The minimum absolute atomic E-state index is 0.0742. The van der Waals surface area contributed by atoms with Gasteiger partial charge in [-0.15, -0.1) is 11.3 Å². The van der Waals surface area contributed by atoms with Crippen LogP contribution in [0.25, 0.3) is 0 Å². The number of Topliss-reactive ketones (excluding diaryl/α,β-unsaturated/α-hetero) is 1. The van der Waals surface area contributed by atoms with Crippen molar-refractivity contribution in [3.63, 3.8) is 0 Å². The third kappa shape index (κ3) is 2.97. The van der Waals surface area contributed by atoms with Gasteiger partial charge in [0.25, 0.3) is 0 Å². The summed E-state index contributed by atoms with van der Waals surface area (Å²) in [7, 11) is -3.49. The van der Waals surface area contributed by atoms with Gasteiger partial charge in [0, 0.05) is 32.9 Å². The summed E-state index contributed by atoms with van der Waals surface area (Å²) < 4.78 is 29.4. The fourth-order valence-corrected chi connectivity index (χ4v) is 4.85. The molecule has 8 heteroatoms. The van der Waals surface area contributed by atoms with Crippen molar-refractivity contribution in [2.75, 3.05) is 43.2 Å². The molecule has 1 aliphatic heterocycles. The van der Waals surface area contributed by atoms with E-state index in [1.807, 2.05) is 4.90 Å². The molecule has 0 radical (unpaired) electrons. The molecule has 0 spiro atoms. The standard InChI is InChI=1S/C12H18N2O4S2/c1-8(15)10-9(13)11(20(2,16)17)12(19-10)14-4-3-6-18-7-5-14/h3-7,13H2,1-2H3. The second-order valence-electron chi connectivity index (χ2n) is 4.76. The fraction of sp³-hybridized carbons (Fsp3) is 0.583. The molecule has 1 aliphatic rings. The second kappa shape index (κ2) is 5.71. The summed E-state index contributed by atoms with van der Waals surface area (Å²) in [6.07, 6.45) is 1.93. The van der Waals surface area contributed by atoms with E-state index in [1.165, 1.54) is 6.92 Å². The Hall–Kier alpha value is -1.12. The summed E-state index contributed by atoms with van der Waals surface area (Å²) in [6, 6.07) is 0. The van der Waals surface area contributed by atoms with E-state index in [0.29, 0.717) is 36.2 Å². The molecule has 1 aromatic heterocycles. The van der Waals surface area contributed by atoms with Crippen LogP contribution >= 0.6 is 11.3 Å². The molecule has 0 unspecified atom stereocenters. The molecule has 0 atom stereocenters. The average molecular weight is 318 g/mol. The number of thiophene rings is 1. The van der Waals surface area contributed by atoms with Gasteiger partial charge in [0.05, 0.1) is 17.2 Å². The van der Waals surface area contributed by atoms with Gasteiger partial charge < -0.3 is 15.4 Å². The Morgan fingerprint density at radius 1 is 1.35 bits per heavy atom. The minimum atomic E-state index is -3.49. The Kier molecular flexibility index (Phi) is 4.36. The molecule has 112 valence electrons. The maximum Gasteiger partial charge on any atom is 0.180 e. The molecular formula is C12H18N2O4S2. The maximum atomic E-state index is 12.0. The Morgan fingerprint density at radius 2 is 2.05 bits per heavy atom. The number of rotatable bonds is 3. The lowest BCUT2D eigenvalue weighted by Crippen LogP contribution is -2.26. The van der Waals surface area contributed by atoms with Crippen LogP contribution in [0, 0.1) is 0 Å². The Balaban J connectivity index is 2.56. The van der Waals surface area contributed by atoms with E-state index < -0.39 is 9.84 Å². The fourth-order valence-electron chi connectivity index (χ4n) is 2.19. The van der Waals surface area contributed by atoms with Crippen molar-refractivity contribution in [3.8, 4) is 0 Å². The highest BCUT2D eigenvalue weighted by Crippen LogP contribution is 2.41. The Morgan fingerprint density at radius 3 is 2.65 bits per heavy atom. The first-order valence-electron chi connectivity index (χ1n) is 6.28. The lowest BCUT2D eigenvalue weighted by Gasteiger charge is -2.21. The number of hydrogen-bond acceptors (Lipinski definition) is 7. The van der Waals surface area contributed by atoms with Gasteiger partial charge in [0.15, 0.2) is 15.6 Å². The molecular weight excluding hydrogens is 300 g/mol. The summed E-state index contributed by atoms with van der Waals surface area (Å²) in [5.74, 6) is -0.213. The first-order chi connectivity index (χ1) is 9.32. The number of sulfone groups is 1. The summed E-state index contributed by atoms with van der Waals surface area (Å²) in [4.78, 5) is 13.9.